The van der Waals surface area contributed by atoms with Gasteiger partial charge in [0.2, 0.25) is 0 Å². The second-order valence-corrected chi connectivity index (χ2v) is 3.22. The number of para-hydroxylation sites is 2. The maximum atomic E-state index is 3.38. The van der Waals surface area contributed by atoms with Crippen LogP contribution >= 0.6 is 0 Å². The number of benzene rings is 2. The van der Waals surface area contributed by atoms with Crippen molar-refractivity contribution in [1.29, 1.82) is 0 Å². The van der Waals surface area contributed by atoms with Gasteiger partial charge in [0.25, 0.3) is 0 Å². The summed E-state index contributed by atoms with van der Waals surface area (Å²) in [6.45, 7) is 0. The van der Waals surface area contributed by atoms with Crippen molar-refractivity contribution in [2.24, 2.45) is 0 Å². The van der Waals surface area contributed by atoms with Crippen LogP contribution in [0.4, 0.5) is 0 Å². The summed E-state index contributed by atoms with van der Waals surface area (Å²) in [7, 11) is 0. The zero-order chi connectivity index (χ0) is 8.67. The predicted molar refractivity (Wildman–Crippen MR) is 65.7 cm³/mol. The molecular formula is C12H12GaN. The van der Waals surface area contributed by atoms with Gasteiger partial charge in [0.15, 0.2) is 0 Å². The Labute approximate surface area is 95.2 Å². The smallest absolute Gasteiger partial charge is 0.0464 e. The average Bonchev–Trinajstić information content (AvgIpc) is 2.56. The van der Waals surface area contributed by atoms with Crippen molar-refractivity contribution in [2.45, 2.75) is 0 Å². The van der Waals surface area contributed by atoms with E-state index in [-0.39, 0.29) is 19.8 Å². The van der Waals surface area contributed by atoms with E-state index >= 15 is 0 Å². The SMILES string of the molecule is [GaH3].c1ccc2c(c1)[nH]c1ccccc12. The minimum atomic E-state index is 0. The van der Waals surface area contributed by atoms with Gasteiger partial charge in [-0.15, -0.1) is 0 Å². The molecule has 2 aromatic carbocycles. The van der Waals surface area contributed by atoms with Crippen LogP contribution < -0.4 is 0 Å². The molecule has 2 heteroatoms. The first kappa shape index (κ1) is 9.43. The standard InChI is InChI=1S/C12H9N.Ga.3H/c1-3-7-11-9(5-1)10-6-2-4-8-12(10)13-11;;;;/h1-8,13H;;;;. The summed E-state index contributed by atoms with van der Waals surface area (Å²) in [5.41, 5.74) is 2.42. The third kappa shape index (κ3) is 1.27. The van der Waals surface area contributed by atoms with Crippen LogP contribution in [0.1, 0.15) is 0 Å². The summed E-state index contributed by atoms with van der Waals surface area (Å²) >= 11 is 0. The zero-order valence-corrected chi connectivity index (χ0v) is 7.12. The Hall–Kier alpha value is -1.12. The minimum absolute atomic E-state index is 0. The average molecular weight is 240 g/mol. The van der Waals surface area contributed by atoms with Crippen molar-refractivity contribution >= 4 is 41.6 Å². The fourth-order valence-corrected chi connectivity index (χ4v) is 1.80. The zero-order valence-electron chi connectivity index (χ0n) is 7.12. The first-order valence-electron chi connectivity index (χ1n) is 4.40. The van der Waals surface area contributed by atoms with Crippen LogP contribution in [0.25, 0.3) is 21.8 Å². The van der Waals surface area contributed by atoms with Crippen LogP contribution in [0.3, 0.4) is 0 Å². The maximum Gasteiger partial charge on any atom is 0.0464 e. The van der Waals surface area contributed by atoms with E-state index in [1.165, 1.54) is 21.8 Å². The van der Waals surface area contributed by atoms with E-state index in [0.717, 1.165) is 0 Å². The van der Waals surface area contributed by atoms with E-state index in [4.69, 9.17) is 0 Å². The molecule has 0 amide bonds. The van der Waals surface area contributed by atoms with E-state index in [0.29, 0.717) is 0 Å². The van der Waals surface area contributed by atoms with Crippen molar-refractivity contribution in [3.05, 3.63) is 48.5 Å². The molecule has 0 saturated carbocycles. The number of H-pyrrole nitrogens is 1. The molecule has 0 saturated heterocycles. The van der Waals surface area contributed by atoms with Crippen LogP contribution in [-0.4, -0.2) is 24.8 Å². The molecule has 68 valence electrons. The van der Waals surface area contributed by atoms with Gasteiger partial charge in [0.05, 0.1) is 0 Å². The largest absolute Gasteiger partial charge is 0.355 e. The summed E-state index contributed by atoms with van der Waals surface area (Å²) in [4.78, 5) is 3.38. The molecule has 1 N–H and O–H groups in total. The van der Waals surface area contributed by atoms with Crippen molar-refractivity contribution in [2.75, 3.05) is 0 Å². The second-order valence-electron chi connectivity index (χ2n) is 3.22. The molecule has 3 rings (SSSR count). The topological polar surface area (TPSA) is 15.8 Å². The number of nitrogens with one attached hydrogen (secondary N) is 1. The van der Waals surface area contributed by atoms with Gasteiger partial charge in [-0.2, -0.15) is 0 Å². The van der Waals surface area contributed by atoms with Gasteiger partial charge < -0.3 is 4.98 Å². The van der Waals surface area contributed by atoms with Crippen molar-refractivity contribution in [3.8, 4) is 0 Å². The molecule has 0 aliphatic heterocycles. The van der Waals surface area contributed by atoms with Crippen molar-refractivity contribution in [1.82, 2.24) is 4.98 Å². The number of aromatic amines is 1. The number of hydrogen-bond donors (Lipinski definition) is 1. The quantitative estimate of drug-likeness (QED) is 0.579. The fourth-order valence-electron chi connectivity index (χ4n) is 1.80. The van der Waals surface area contributed by atoms with Crippen LogP contribution in [-0.2, 0) is 0 Å². The Bertz CT molecular complexity index is 518. The molecule has 0 atom stereocenters. The molecular weight excluding hydrogens is 228 g/mol. The van der Waals surface area contributed by atoms with E-state index in [2.05, 4.69) is 53.5 Å². The molecule has 0 bridgehead atoms. The summed E-state index contributed by atoms with van der Waals surface area (Å²) in [6, 6.07) is 16.8. The summed E-state index contributed by atoms with van der Waals surface area (Å²) in [6.07, 6.45) is 0. The summed E-state index contributed by atoms with van der Waals surface area (Å²) in [5, 5.41) is 2.61. The van der Waals surface area contributed by atoms with Gasteiger partial charge in [-0.3, -0.25) is 0 Å². The number of rotatable bonds is 0. The first-order valence-corrected chi connectivity index (χ1v) is 4.40. The van der Waals surface area contributed by atoms with E-state index in [1.54, 1.807) is 0 Å². The van der Waals surface area contributed by atoms with Crippen LogP contribution in [0.5, 0.6) is 0 Å². The predicted octanol–water partition coefficient (Wildman–Crippen LogP) is 2.14. The molecule has 0 aliphatic rings. The number of aromatic nitrogens is 1. The van der Waals surface area contributed by atoms with Gasteiger partial charge in [0, 0.05) is 21.8 Å². The molecule has 0 spiro atoms. The van der Waals surface area contributed by atoms with Gasteiger partial charge in [-0.25, -0.2) is 0 Å². The Morgan fingerprint density at radius 1 is 0.643 bits per heavy atom. The Morgan fingerprint density at radius 3 is 1.57 bits per heavy atom. The Morgan fingerprint density at radius 2 is 1.07 bits per heavy atom. The molecule has 3 aromatic rings. The molecule has 1 heterocycles. The molecule has 0 aliphatic carbocycles. The van der Waals surface area contributed by atoms with Crippen LogP contribution in [0, 0.1) is 0 Å². The van der Waals surface area contributed by atoms with Gasteiger partial charge >= 0.3 is 19.8 Å². The van der Waals surface area contributed by atoms with Gasteiger partial charge in [-0.05, 0) is 12.1 Å². The summed E-state index contributed by atoms with van der Waals surface area (Å²) < 4.78 is 0. The molecule has 1 aromatic heterocycles. The Kier molecular flexibility index (Phi) is 2.40. The third-order valence-corrected chi connectivity index (χ3v) is 2.41. The molecule has 0 radical (unpaired) electrons. The Balaban J connectivity index is 0.000000750. The van der Waals surface area contributed by atoms with E-state index < -0.39 is 0 Å². The van der Waals surface area contributed by atoms with Gasteiger partial charge in [0.1, 0.15) is 0 Å². The molecule has 0 fully saturated rings. The number of fused-ring (bicyclic) bond motifs is 3. The third-order valence-electron chi connectivity index (χ3n) is 2.41. The van der Waals surface area contributed by atoms with Crippen LogP contribution in [0.2, 0.25) is 0 Å². The first-order chi connectivity index (χ1) is 6.45. The molecule has 0 unspecified atom stereocenters. The van der Waals surface area contributed by atoms with E-state index in [9.17, 15) is 0 Å². The van der Waals surface area contributed by atoms with E-state index in [1.807, 2.05) is 0 Å². The van der Waals surface area contributed by atoms with Gasteiger partial charge in [-0.1, -0.05) is 36.4 Å². The minimum Gasteiger partial charge on any atom is -0.355 e. The summed E-state index contributed by atoms with van der Waals surface area (Å²) in [5.74, 6) is 0. The fraction of sp³-hybridized carbons (Fsp3) is 0. The molecule has 1 nitrogen and oxygen atoms in total. The monoisotopic (exact) mass is 239 g/mol. The molecule has 14 heavy (non-hydrogen) atoms. The maximum absolute atomic E-state index is 3.38. The normalized spacial score (nSPS) is 10.3. The second kappa shape index (κ2) is 3.56. The van der Waals surface area contributed by atoms with Crippen molar-refractivity contribution in [3.63, 3.8) is 0 Å². The van der Waals surface area contributed by atoms with Crippen LogP contribution in [0.15, 0.2) is 48.5 Å². The van der Waals surface area contributed by atoms with Crippen molar-refractivity contribution < 1.29 is 0 Å². The number of hydrogen-bond acceptors (Lipinski definition) is 0.